The lowest BCUT2D eigenvalue weighted by Gasteiger charge is -2.22. The van der Waals surface area contributed by atoms with E-state index >= 15 is 0 Å². The second-order valence-corrected chi connectivity index (χ2v) is 6.76. The van der Waals surface area contributed by atoms with E-state index in [0.29, 0.717) is 6.42 Å². The van der Waals surface area contributed by atoms with Gasteiger partial charge in [0.25, 0.3) is 0 Å². The molecule has 0 fully saturated rings. The number of carbonyl (C=O) groups excluding carboxylic acids is 1. The Labute approximate surface area is 125 Å². The Balaban J connectivity index is 3.36. The van der Waals surface area contributed by atoms with Crippen molar-refractivity contribution in [2.24, 2.45) is 11.3 Å². The lowest BCUT2D eigenvalue weighted by atomic mass is 9.83. The van der Waals surface area contributed by atoms with Crippen LogP contribution in [0.3, 0.4) is 0 Å². The monoisotopic (exact) mass is 285 g/mol. The zero-order valence-electron chi connectivity index (χ0n) is 13.9. The molecule has 0 aromatic carbocycles. The third-order valence-corrected chi connectivity index (χ3v) is 3.96. The Morgan fingerprint density at radius 3 is 1.80 bits per heavy atom. The molecule has 0 aliphatic rings. The van der Waals surface area contributed by atoms with E-state index in [0.717, 1.165) is 6.42 Å². The molecule has 0 aliphatic carbocycles. The molecule has 0 atom stereocenters. The van der Waals surface area contributed by atoms with Crippen molar-refractivity contribution in [3.05, 3.63) is 0 Å². The van der Waals surface area contributed by atoms with Gasteiger partial charge >= 0.3 is 5.97 Å². The van der Waals surface area contributed by atoms with Gasteiger partial charge in [-0.15, -0.1) is 0 Å². The Kier molecular flexibility index (Phi) is 11.8. The molecule has 0 unspecified atom stereocenters. The van der Waals surface area contributed by atoms with Crippen LogP contribution in [0.4, 0.5) is 0 Å². The summed E-state index contributed by atoms with van der Waals surface area (Å²) in [6.45, 7) is 6.48. The highest BCUT2D eigenvalue weighted by Crippen LogP contribution is 2.28. The van der Waals surface area contributed by atoms with E-state index < -0.39 is 0 Å². The fourth-order valence-corrected chi connectivity index (χ4v) is 2.61. The lowest BCUT2D eigenvalue weighted by Crippen LogP contribution is -2.20. The lowest BCUT2D eigenvalue weighted by molar-refractivity contribution is -0.146. The van der Waals surface area contributed by atoms with Crippen molar-refractivity contribution in [2.45, 2.75) is 97.8 Å². The summed E-state index contributed by atoms with van der Waals surface area (Å²) in [4.78, 5) is 15.4. The SMILES string of the molecule is CCCCCCCCCCCCC(C)(C)CC(=O)ON. The number of carbonyl (C=O) groups is 1. The van der Waals surface area contributed by atoms with Crippen molar-refractivity contribution in [3.63, 3.8) is 0 Å². The minimum Gasteiger partial charge on any atom is -0.373 e. The van der Waals surface area contributed by atoms with Crippen molar-refractivity contribution in [3.8, 4) is 0 Å². The van der Waals surface area contributed by atoms with E-state index in [2.05, 4.69) is 25.6 Å². The predicted molar refractivity (Wildman–Crippen MR) is 85.1 cm³/mol. The zero-order valence-corrected chi connectivity index (χ0v) is 13.9. The van der Waals surface area contributed by atoms with Crippen LogP contribution >= 0.6 is 0 Å². The molecule has 120 valence electrons. The van der Waals surface area contributed by atoms with E-state index in [1.54, 1.807) is 0 Å². The second kappa shape index (κ2) is 12.2. The van der Waals surface area contributed by atoms with Crippen molar-refractivity contribution < 1.29 is 9.63 Å². The highest BCUT2D eigenvalue weighted by molar-refractivity contribution is 5.69. The molecule has 0 saturated carbocycles. The molecule has 0 heterocycles. The van der Waals surface area contributed by atoms with Gasteiger partial charge in [0, 0.05) is 0 Å². The topological polar surface area (TPSA) is 52.3 Å². The van der Waals surface area contributed by atoms with Crippen molar-refractivity contribution in [2.75, 3.05) is 0 Å². The molecule has 0 aromatic heterocycles. The maximum Gasteiger partial charge on any atom is 0.324 e. The van der Waals surface area contributed by atoms with Gasteiger partial charge in [-0.3, -0.25) is 4.79 Å². The quantitative estimate of drug-likeness (QED) is 0.377. The van der Waals surface area contributed by atoms with Gasteiger partial charge in [0.1, 0.15) is 0 Å². The summed E-state index contributed by atoms with van der Waals surface area (Å²) in [7, 11) is 0. The van der Waals surface area contributed by atoms with Gasteiger partial charge in [-0.25, -0.2) is 0 Å². The fourth-order valence-electron chi connectivity index (χ4n) is 2.61. The Morgan fingerprint density at radius 1 is 0.900 bits per heavy atom. The van der Waals surface area contributed by atoms with E-state index in [-0.39, 0.29) is 11.4 Å². The predicted octanol–water partition coefficient (Wildman–Crippen LogP) is 5.13. The van der Waals surface area contributed by atoms with Crippen LogP contribution in [0, 0.1) is 5.41 Å². The van der Waals surface area contributed by atoms with Crippen molar-refractivity contribution in [1.82, 2.24) is 0 Å². The summed E-state index contributed by atoms with van der Waals surface area (Å²) >= 11 is 0. The summed E-state index contributed by atoms with van der Waals surface area (Å²) in [5.74, 6) is 4.58. The van der Waals surface area contributed by atoms with E-state index in [1.165, 1.54) is 64.2 Å². The third-order valence-electron chi connectivity index (χ3n) is 3.96. The summed E-state index contributed by atoms with van der Waals surface area (Å²) < 4.78 is 0. The van der Waals surface area contributed by atoms with Crippen LogP contribution in [0.25, 0.3) is 0 Å². The maximum absolute atomic E-state index is 11.2. The fraction of sp³-hybridized carbons (Fsp3) is 0.941. The highest BCUT2D eigenvalue weighted by atomic mass is 16.7. The van der Waals surface area contributed by atoms with Gasteiger partial charge in [-0.05, 0) is 11.8 Å². The summed E-state index contributed by atoms with van der Waals surface area (Å²) in [6, 6.07) is 0. The molecule has 0 amide bonds. The van der Waals surface area contributed by atoms with Crippen LogP contribution in [-0.4, -0.2) is 5.97 Å². The Morgan fingerprint density at radius 2 is 1.35 bits per heavy atom. The molecule has 0 spiro atoms. The average molecular weight is 285 g/mol. The Hall–Kier alpha value is -0.570. The first-order chi connectivity index (χ1) is 9.52. The molecule has 0 aromatic rings. The number of hydrogen-bond acceptors (Lipinski definition) is 3. The summed E-state index contributed by atoms with van der Waals surface area (Å²) in [5, 5.41) is 0. The number of hydrogen-bond donors (Lipinski definition) is 1. The first-order valence-electron chi connectivity index (χ1n) is 8.41. The molecule has 0 saturated heterocycles. The Bertz CT molecular complexity index is 239. The molecule has 0 rings (SSSR count). The number of unbranched alkanes of at least 4 members (excludes halogenated alkanes) is 9. The molecule has 0 radical (unpaired) electrons. The van der Waals surface area contributed by atoms with Gasteiger partial charge in [-0.2, -0.15) is 5.90 Å². The van der Waals surface area contributed by atoms with E-state index in [1.807, 2.05) is 0 Å². The van der Waals surface area contributed by atoms with Crippen molar-refractivity contribution >= 4 is 5.97 Å². The minimum absolute atomic E-state index is 0.0105. The molecule has 3 nitrogen and oxygen atoms in total. The first-order valence-corrected chi connectivity index (χ1v) is 8.41. The van der Waals surface area contributed by atoms with Crippen molar-refractivity contribution in [1.29, 1.82) is 0 Å². The highest BCUT2D eigenvalue weighted by Gasteiger charge is 2.22. The molecular weight excluding hydrogens is 250 g/mol. The zero-order chi connectivity index (χ0) is 15.3. The molecule has 0 aliphatic heterocycles. The van der Waals surface area contributed by atoms with Gasteiger partial charge in [0.2, 0.25) is 0 Å². The summed E-state index contributed by atoms with van der Waals surface area (Å²) in [5.41, 5.74) is 0.0105. The second-order valence-electron chi connectivity index (χ2n) is 6.76. The molecule has 3 heteroatoms. The van der Waals surface area contributed by atoms with Crippen LogP contribution in [0.5, 0.6) is 0 Å². The smallest absolute Gasteiger partial charge is 0.324 e. The van der Waals surface area contributed by atoms with Crippen LogP contribution in [0.2, 0.25) is 0 Å². The van der Waals surface area contributed by atoms with Gasteiger partial charge in [0.15, 0.2) is 0 Å². The number of nitrogens with two attached hydrogens (primary N) is 1. The van der Waals surface area contributed by atoms with Gasteiger partial charge in [0.05, 0.1) is 6.42 Å². The largest absolute Gasteiger partial charge is 0.373 e. The van der Waals surface area contributed by atoms with Gasteiger partial charge < -0.3 is 4.84 Å². The first kappa shape index (κ1) is 19.4. The van der Waals surface area contributed by atoms with Crippen LogP contribution in [0.15, 0.2) is 0 Å². The average Bonchev–Trinajstić information content (AvgIpc) is 2.40. The maximum atomic E-state index is 11.2. The normalized spacial score (nSPS) is 11.6. The van der Waals surface area contributed by atoms with Gasteiger partial charge in [-0.1, -0.05) is 85.0 Å². The number of rotatable bonds is 13. The minimum atomic E-state index is -0.304. The molecular formula is C17H35NO2. The standard InChI is InChI=1S/C17H35NO2/c1-4-5-6-7-8-9-10-11-12-13-14-17(2,3)15-16(19)20-18/h4-15,18H2,1-3H3. The third kappa shape index (κ3) is 12.5. The van der Waals surface area contributed by atoms with E-state index in [9.17, 15) is 4.79 Å². The van der Waals surface area contributed by atoms with Crippen LogP contribution < -0.4 is 5.90 Å². The molecule has 0 bridgehead atoms. The van der Waals surface area contributed by atoms with Crippen LogP contribution in [-0.2, 0) is 9.63 Å². The summed E-state index contributed by atoms with van der Waals surface area (Å²) in [6.07, 6.45) is 14.9. The molecule has 20 heavy (non-hydrogen) atoms. The van der Waals surface area contributed by atoms with Crippen LogP contribution in [0.1, 0.15) is 97.8 Å². The molecule has 2 N–H and O–H groups in total. The van der Waals surface area contributed by atoms with E-state index in [4.69, 9.17) is 5.90 Å².